The number of carbonyl (C=O) groups excluding carboxylic acids is 1. The minimum atomic E-state index is -2.28. The van der Waals surface area contributed by atoms with Gasteiger partial charge in [-0.2, -0.15) is 0 Å². The second kappa shape index (κ2) is 4.65. The fourth-order valence-corrected chi connectivity index (χ4v) is 0.961. The van der Waals surface area contributed by atoms with E-state index in [-0.39, 0.29) is 0 Å². The lowest BCUT2D eigenvalue weighted by Crippen LogP contribution is -2.09. The van der Waals surface area contributed by atoms with Gasteiger partial charge in [-0.1, -0.05) is 0 Å². The van der Waals surface area contributed by atoms with Crippen molar-refractivity contribution in [3.05, 3.63) is 34.6 Å². The third-order valence-corrected chi connectivity index (χ3v) is 1.74. The van der Waals surface area contributed by atoms with Crippen LogP contribution >= 0.6 is 11.6 Å². The van der Waals surface area contributed by atoms with Crippen LogP contribution in [0.2, 0.25) is 0 Å². The zero-order valence-corrected chi connectivity index (χ0v) is 8.05. The SMILES string of the molecule is O=C(Cl)OCc1c(F)c(F)c(F)c(F)c1F. The minimum Gasteiger partial charge on any atom is -0.449 e. The summed E-state index contributed by atoms with van der Waals surface area (Å²) in [7, 11) is 0. The van der Waals surface area contributed by atoms with E-state index in [2.05, 4.69) is 16.3 Å². The molecule has 0 radical (unpaired) electrons. The molecular formula is C8H2ClF5O2. The van der Waals surface area contributed by atoms with E-state index in [0.717, 1.165) is 0 Å². The van der Waals surface area contributed by atoms with Crippen molar-refractivity contribution >= 4 is 17.0 Å². The summed E-state index contributed by atoms with van der Waals surface area (Å²) in [6.07, 6.45) is 0. The van der Waals surface area contributed by atoms with Crippen molar-refractivity contribution in [2.75, 3.05) is 0 Å². The van der Waals surface area contributed by atoms with Crippen molar-refractivity contribution in [3.63, 3.8) is 0 Å². The maximum absolute atomic E-state index is 12.9. The van der Waals surface area contributed by atoms with Gasteiger partial charge in [-0.3, -0.25) is 0 Å². The Labute approximate surface area is 90.6 Å². The third kappa shape index (κ3) is 2.24. The van der Waals surface area contributed by atoms with Crippen LogP contribution in [0.25, 0.3) is 0 Å². The van der Waals surface area contributed by atoms with Crippen LogP contribution in [0.3, 0.4) is 0 Å². The van der Waals surface area contributed by atoms with Crippen molar-refractivity contribution < 1.29 is 31.5 Å². The lowest BCUT2D eigenvalue weighted by Gasteiger charge is -2.07. The Morgan fingerprint density at radius 2 is 1.31 bits per heavy atom. The summed E-state index contributed by atoms with van der Waals surface area (Å²) < 4.78 is 67.4. The van der Waals surface area contributed by atoms with E-state index in [0.29, 0.717) is 0 Å². The molecule has 16 heavy (non-hydrogen) atoms. The first-order valence-electron chi connectivity index (χ1n) is 3.68. The molecule has 1 aromatic rings. The van der Waals surface area contributed by atoms with E-state index in [1.807, 2.05) is 0 Å². The highest BCUT2D eigenvalue weighted by atomic mass is 35.5. The van der Waals surface area contributed by atoms with Crippen molar-refractivity contribution in [1.82, 2.24) is 0 Å². The molecule has 2 nitrogen and oxygen atoms in total. The molecule has 0 atom stereocenters. The number of benzene rings is 1. The molecule has 0 aliphatic heterocycles. The van der Waals surface area contributed by atoms with Crippen molar-refractivity contribution in [2.45, 2.75) is 6.61 Å². The molecule has 0 saturated heterocycles. The number of hydrogen-bond donors (Lipinski definition) is 0. The van der Waals surface area contributed by atoms with Gasteiger partial charge in [0.1, 0.15) is 6.61 Å². The zero-order chi connectivity index (χ0) is 12.5. The summed E-state index contributed by atoms with van der Waals surface area (Å²) in [4.78, 5) is 10.1. The predicted octanol–water partition coefficient (Wildman–Crippen LogP) is 3.26. The highest BCUT2D eigenvalue weighted by Crippen LogP contribution is 2.23. The molecule has 1 rings (SSSR count). The molecule has 88 valence electrons. The first-order chi connectivity index (χ1) is 7.36. The van der Waals surface area contributed by atoms with E-state index >= 15 is 0 Å². The fraction of sp³-hybridized carbons (Fsp3) is 0.125. The van der Waals surface area contributed by atoms with Gasteiger partial charge in [0.05, 0.1) is 5.56 Å². The number of carbonyl (C=O) groups is 1. The van der Waals surface area contributed by atoms with Crippen LogP contribution in [-0.4, -0.2) is 5.43 Å². The van der Waals surface area contributed by atoms with Crippen molar-refractivity contribution in [3.8, 4) is 0 Å². The average molecular weight is 261 g/mol. The second-order valence-corrected chi connectivity index (χ2v) is 2.88. The second-order valence-electron chi connectivity index (χ2n) is 2.57. The summed E-state index contributed by atoms with van der Waals surface area (Å²) in [5.74, 6) is -10.6. The topological polar surface area (TPSA) is 26.3 Å². The van der Waals surface area contributed by atoms with E-state index < -0.39 is 46.7 Å². The van der Waals surface area contributed by atoms with Crippen LogP contribution in [0.1, 0.15) is 5.56 Å². The lowest BCUT2D eigenvalue weighted by atomic mass is 10.2. The molecule has 0 spiro atoms. The largest absolute Gasteiger partial charge is 0.449 e. The van der Waals surface area contributed by atoms with Gasteiger partial charge < -0.3 is 4.74 Å². The van der Waals surface area contributed by atoms with E-state index in [1.54, 1.807) is 0 Å². The van der Waals surface area contributed by atoms with Crippen molar-refractivity contribution in [2.24, 2.45) is 0 Å². The van der Waals surface area contributed by atoms with E-state index in [9.17, 15) is 26.7 Å². The molecule has 0 heterocycles. The first kappa shape index (κ1) is 12.7. The molecule has 1 aromatic carbocycles. The number of rotatable bonds is 2. The van der Waals surface area contributed by atoms with Gasteiger partial charge in [-0.15, -0.1) is 0 Å². The van der Waals surface area contributed by atoms with E-state index in [4.69, 9.17) is 0 Å². The van der Waals surface area contributed by atoms with Gasteiger partial charge in [0, 0.05) is 11.6 Å². The molecule has 8 heteroatoms. The van der Waals surface area contributed by atoms with Gasteiger partial charge in [-0.25, -0.2) is 26.7 Å². The summed E-state index contributed by atoms with van der Waals surface area (Å²) in [5, 5.41) is 0. The smallest absolute Gasteiger partial charge is 0.404 e. The van der Waals surface area contributed by atoms with Gasteiger partial charge >= 0.3 is 5.43 Å². The van der Waals surface area contributed by atoms with Crippen LogP contribution in [0, 0.1) is 29.1 Å². The Morgan fingerprint density at radius 3 is 1.69 bits per heavy atom. The van der Waals surface area contributed by atoms with Gasteiger partial charge in [-0.05, 0) is 0 Å². The number of halogens is 6. The highest BCUT2D eigenvalue weighted by Gasteiger charge is 2.26. The van der Waals surface area contributed by atoms with Crippen molar-refractivity contribution in [1.29, 1.82) is 0 Å². The lowest BCUT2D eigenvalue weighted by molar-refractivity contribution is 0.162. The molecular weight excluding hydrogens is 259 g/mol. The zero-order valence-electron chi connectivity index (χ0n) is 7.29. The molecule has 0 fully saturated rings. The van der Waals surface area contributed by atoms with Gasteiger partial charge in [0.15, 0.2) is 23.3 Å². The Balaban J connectivity index is 3.23. The van der Waals surface area contributed by atoms with E-state index in [1.165, 1.54) is 0 Å². The monoisotopic (exact) mass is 260 g/mol. The van der Waals surface area contributed by atoms with Crippen LogP contribution in [0.15, 0.2) is 0 Å². The van der Waals surface area contributed by atoms with Crippen LogP contribution in [-0.2, 0) is 11.3 Å². The standard InChI is InChI=1S/C8H2ClF5O2/c9-8(15)16-1-2-3(10)5(12)7(14)6(13)4(2)11/h1H2. The van der Waals surface area contributed by atoms with Gasteiger partial charge in [0.25, 0.3) is 0 Å². The molecule has 0 amide bonds. The van der Waals surface area contributed by atoms with Crippen LogP contribution in [0.5, 0.6) is 0 Å². The summed E-state index contributed by atoms with van der Waals surface area (Å²) in [6, 6.07) is 0. The normalized spacial score (nSPS) is 10.4. The maximum atomic E-state index is 12.9. The Bertz CT molecular complexity index is 420. The van der Waals surface area contributed by atoms with Crippen LogP contribution < -0.4 is 0 Å². The third-order valence-electron chi connectivity index (χ3n) is 1.63. The molecule has 0 bridgehead atoms. The Kier molecular flexibility index (Phi) is 3.69. The Hall–Kier alpha value is -1.37. The van der Waals surface area contributed by atoms with Gasteiger partial charge in [0.2, 0.25) is 5.82 Å². The maximum Gasteiger partial charge on any atom is 0.404 e. The summed E-state index contributed by atoms with van der Waals surface area (Å²) in [6.45, 7) is -1.14. The molecule has 0 aliphatic rings. The number of ether oxygens (including phenoxy) is 1. The molecule has 0 saturated carbocycles. The average Bonchev–Trinajstić information content (AvgIpc) is 2.23. The summed E-state index contributed by atoms with van der Waals surface area (Å²) >= 11 is 4.68. The quantitative estimate of drug-likeness (QED) is 0.353. The van der Waals surface area contributed by atoms with Crippen LogP contribution in [0.4, 0.5) is 26.7 Å². The first-order valence-corrected chi connectivity index (χ1v) is 4.06. The fourth-order valence-electron chi connectivity index (χ4n) is 0.906. The molecule has 0 aromatic heterocycles. The highest BCUT2D eigenvalue weighted by molar-refractivity contribution is 6.61. The molecule has 0 unspecified atom stereocenters. The molecule has 0 N–H and O–H groups in total. The Morgan fingerprint density at radius 1 is 0.938 bits per heavy atom. The summed E-state index contributed by atoms with van der Waals surface area (Å²) in [5.41, 5.74) is -2.69. The minimum absolute atomic E-state index is 1.14. The predicted molar refractivity (Wildman–Crippen MR) is 42.3 cm³/mol. The molecule has 0 aliphatic carbocycles. The number of hydrogen-bond acceptors (Lipinski definition) is 2.